The maximum absolute atomic E-state index is 14.9. The molecule has 0 spiro atoms. The van der Waals surface area contributed by atoms with Gasteiger partial charge in [-0.05, 0) is 84.2 Å². The monoisotopic (exact) mass is 432 g/mol. The van der Waals surface area contributed by atoms with E-state index in [4.69, 9.17) is 0 Å². The first-order valence-corrected chi connectivity index (χ1v) is 12.2. The Bertz CT molecular complexity index is 976. The van der Waals surface area contributed by atoms with E-state index in [1.807, 2.05) is 49.4 Å². The van der Waals surface area contributed by atoms with Gasteiger partial charge in [-0.1, -0.05) is 81.3 Å². The van der Waals surface area contributed by atoms with Crippen LogP contribution in [-0.2, 0) is 6.42 Å². The summed E-state index contributed by atoms with van der Waals surface area (Å²) >= 11 is 0. The molecule has 0 bridgehead atoms. The van der Waals surface area contributed by atoms with E-state index >= 15 is 0 Å². The molecule has 0 aliphatic heterocycles. The van der Waals surface area contributed by atoms with Crippen LogP contribution in [0.15, 0.2) is 66.7 Å². The molecule has 3 aromatic carbocycles. The van der Waals surface area contributed by atoms with Gasteiger partial charge < -0.3 is 0 Å². The summed E-state index contributed by atoms with van der Waals surface area (Å²) < 4.78 is 29.8. The van der Waals surface area contributed by atoms with Crippen LogP contribution >= 0.6 is 0 Å². The second-order valence-corrected chi connectivity index (χ2v) is 9.56. The summed E-state index contributed by atoms with van der Waals surface area (Å²) in [7, 11) is 0. The Kier molecular flexibility index (Phi) is 7.40. The minimum atomic E-state index is -0.457. The fraction of sp³-hybridized carbons (Fsp3) is 0.400. The summed E-state index contributed by atoms with van der Waals surface area (Å²) in [5.41, 5.74) is 4.10. The first-order valence-electron chi connectivity index (χ1n) is 12.2. The van der Waals surface area contributed by atoms with Crippen molar-refractivity contribution < 1.29 is 8.78 Å². The average Bonchev–Trinajstić information content (AvgIpc) is 2.82. The third kappa shape index (κ3) is 5.28. The van der Waals surface area contributed by atoms with Crippen molar-refractivity contribution in [3.05, 3.63) is 95.1 Å². The van der Waals surface area contributed by atoms with E-state index in [9.17, 15) is 8.78 Å². The van der Waals surface area contributed by atoms with E-state index in [0.29, 0.717) is 17.9 Å². The zero-order chi connectivity index (χ0) is 22.5. The van der Waals surface area contributed by atoms with Crippen molar-refractivity contribution >= 4 is 0 Å². The number of hydrogen-bond acceptors (Lipinski definition) is 0. The quantitative estimate of drug-likeness (QED) is 0.349. The van der Waals surface area contributed by atoms with Gasteiger partial charge in [0.15, 0.2) is 0 Å². The second kappa shape index (κ2) is 10.4. The molecule has 0 radical (unpaired) electrons. The Morgan fingerprint density at radius 2 is 1.44 bits per heavy atom. The van der Waals surface area contributed by atoms with E-state index in [0.717, 1.165) is 17.0 Å². The molecule has 3 aromatic rings. The van der Waals surface area contributed by atoms with Crippen molar-refractivity contribution in [1.29, 1.82) is 0 Å². The zero-order valence-electron chi connectivity index (χ0n) is 19.3. The summed E-state index contributed by atoms with van der Waals surface area (Å²) in [4.78, 5) is 0. The van der Waals surface area contributed by atoms with Crippen molar-refractivity contribution in [2.45, 2.75) is 70.6 Å². The first kappa shape index (κ1) is 22.7. The van der Waals surface area contributed by atoms with E-state index in [2.05, 4.69) is 19.1 Å². The maximum atomic E-state index is 14.9. The third-order valence-corrected chi connectivity index (χ3v) is 7.28. The van der Waals surface area contributed by atoms with Crippen LogP contribution in [0.4, 0.5) is 8.78 Å². The third-order valence-electron chi connectivity index (χ3n) is 7.28. The van der Waals surface area contributed by atoms with Gasteiger partial charge in [0.2, 0.25) is 0 Å². The standard InChI is InChI=1S/C30H34F2/c1-3-7-22-10-12-24(13-11-22)25-14-16-26(17-15-25)27-19-29(31)28(30(32)20-27)18-21(2)23-8-5-4-6-9-23/h4-6,8-9,14-17,19-22,24H,3,7,10-13,18H2,1-2H3/t21-,22?,24?/m0/s1. The minimum absolute atomic E-state index is 0.0535. The van der Waals surface area contributed by atoms with Gasteiger partial charge in [0.05, 0.1) is 0 Å². The summed E-state index contributed by atoms with van der Waals surface area (Å²) in [6.07, 6.45) is 8.12. The maximum Gasteiger partial charge on any atom is 0.129 e. The molecule has 0 amide bonds. The minimum Gasteiger partial charge on any atom is -0.207 e. The van der Waals surface area contributed by atoms with Crippen molar-refractivity contribution in [3.8, 4) is 11.1 Å². The largest absolute Gasteiger partial charge is 0.207 e. The smallest absolute Gasteiger partial charge is 0.129 e. The molecule has 0 unspecified atom stereocenters. The number of halogens is 2. The van der Waals surface area contributed by atoms with Crippen molar-refractivity contribution in [2.75, 3.05) is 0 Å². The van der Waals surface area contributed by atoms with Crippen LogP contribution in [0.5, 0.6) is 0 Å². The molecule has 32 heavy (non-hydrogen) atoms. The molecule has 0 nitrogen and oxygen atoms in total. The lowest BCUT2D eigenvalue weighted by molar-refractivity contribution is 0.308. The molecular weight excluding hydrogens is 398 g/mol. The van der Waals surface area contributed by atoms with Gasteiger partial charge in [0.1, 0.15) is 11.6 Å². The first-order chi connectivity index (χ1) is 15.5. The molecule has 1 fully saturated rings. The van der Waals surface area contributed by atoms with Crippen molar-refractivity contribution in [2.24, 2.45) is 5.92 Å². The SMILES string of the molecule is CCCC1CCC(c2ccc(-c3cc(F)c(C[C@H](C)c4ccccc4)c(F)c3)cc2)CC1. The Morgan fingerprint density at radius 3 is 2.03 bits per heavy atom. The molecule has 0 aromatic heterocycles. The molecule has 0 N–H and O–H groups in total. The normalized spacial score (nSPS) is 19.6. The highest BCUT2D eigenvalue weighted by atomic mass is 19.1. The van der Waals surface area contributed by atoms with E-state index in [-0.39, 0.29) is 11.5 Å². The Labute approximate surface area is 191 Å². The fourth-order valence-corrected chi connectivity index (χ4v) is 5.31. The van der Waals surface area contributed by atoms with Crippen LogP contribution in [0.25, 0.3) is 11.1 Å². The average molecular weight is 433 g/mol. The van der Waals surface area contributed by atoms with E-state index < -0.39 is 11.6 Å². The van der Waals surface area contributed by atoms with Crippen LogP contribution in [0.3, 0.4) is 0 Å². The lowest BCUT2D eigenvalue weighted by Gasteiger charge is -2.28. The zero-order valence-corrected chi connectivity index (χ0v) is 19.3. The summed E-state index contributed by atoms with van der Waals surface area (Å²) in [5, 5.41) is 0. The molecule has 0 saturated heterocycles. The van der Waals surface area contributed by atoms with Crippen LogP contribution in [-0.4, -0.2) is 0 Å². The molecule has 0 heterocycles. The molecular formula is C30H34F2. The topological polar surface area (TPSA) is 0 Å². The second-order valence-electron chi connectivity index (χ2n) is 9.56. The van der Waals surface area contributed by atoms with Gasteiger partial charge in [0.25, 0.3) is 0 Å². The number of hydrogen-bond donors (Lipinski definition) is 0. The van der Waals surface area contributed by atoms with Gasteiger partial charge in [-0.25, -0.2) is 8.78 Å². The van der Waals surface area contributed by atoms with E-state index in [1.54, 1.807) is 0 Å². The van der Waals surface area contributed by atoms with Crippen LogP contribution in [0, 0.1) is 17.6 Å². The van der Waals surface area contributed by atoms with Crippen LogP contribution in [0.2, 0.25) is 0 Å². The van der Waals surface area contributed by atoms with Gasteiger partial charge >= 0.3 is 0 Å². The molecule has 1 aliphatic rings. The van der Waals surface area contributed by atoms with Crippen molar-refractivity contribution in [3.63, 3.8) is 0 Å². The summed E-state index contributed by atoms with van der Waals surface area (Å²) in [6.45, 7) is 4.28. The highest BCUT2D eigenvalue weighted by Crippen LogP contribution is 2.38. The van der Waals surface area contributed by atoms with E-state index in [1.165, 1.54) is 56.2 Å². The molecule has 168 valence electrons. The molecule has 2 heteroatoms. The lowest BCUT2D eigenvalue weighted by atomic mass is 9.77. The highest BCUT2D eigenvalue weighted by Gasteiger charge is 2.22. The van der Waals surface area contributed by atoms with Gasteiger partial charge in [-0.2, -0.15) is 0 Å². The predicted octanol–water partition coefficient (Wildman–Crippen LogP) is 9.05. The van der Waals surface area contributed by atoms with Crippen LogP contribution < -0.4 is 0 Å². The molecule has 1 aliphatic carbocycles. The van der Waals surface area contributed by atoms with Gasteiger partial charge in [0, 0.05) is 5.56 Å². The van der Waals surface area contributed by atoms with Gasteiger partial charge in [-0.15, -0.1) is 0 Å². The highest BCUT2D eigenvalue weighted by molar-refractivity contribution is 5.64. The Balaban J connectivity index is 1.46. The predicted molar refractivity (Wildman–Crippen MR) is 130 cm³/mol. The number of rotatable bonds is 7. The Hall–Kier alpha value is -2.48. The molecule has 1 saturated carbocycles. The van der Waals surface area contributed by atoms with Gasteiger partial charge in [-0.3, -0.25) is 0 Å². The number of benzene rings is 3. The fourth-order valence-electron chi connectivity index (χ4n) is 5.31. The summed E-state index contributed by atoms with van der Waals surface area (Å²) in [6, 6.07) is 21.2. The Morgan fingerprint density at radius 1 is 0.812 bits per heavy atom. The van der Waals surface area contributed by atoms with Crippen LogP contribution in [0.1, 0.15) is 80.9 Å². The van der Waals surface area contributed by atoms with Crippen molar-refractivity contribution in [1.82, 2.24) is 0 Å². The molecule has 4 rings (SSSR count). The molecule has 1 atom stereocenters. The lowest BCUT2D eigenvalue weighted by Crippen LogP contribution is -2.13. The summed E-state index contributed by atoms with van der Waals surface area (Å²) in [5.74, 6) is 0.650.